The Morgan fingerprint density at radius 3 is 2.89 bits per heavy atom. The summed E-state index contributed by atoms with van der Waals surface area (Å²) in [6, 6.07) is 12.1. The highest BCUT2D eigenvalue weighted by Crippen LogP contribution is 2.35. The molecule has 1 aliphatic heterocycles. The second-order valence-electron chi connectivity index (χ2n) is 8.46. The van der Waals surface area contributed by atoms with E-state index >= 15 is 0 Å². The standard InChI is InChI=1S/C24H22ClN9O/c1-33-8-7-14-10-21(35-2)19(9-15(14)12-33)27-24-26-11-18(25)23(28-24)34-13-17(22-29-31-32-30-22)16-5-3-4-6-20(16)34/h3-6,9-11,13H,7-8,12H2,1-2H3,(H,26,27,28)(H,29,30,31,32). The van der Waals surface area contributed by atoms with Gasteiger partial charge in [0.2, 0.25) is 11.8 Å². The third kappa shape index (κ3) is 3.86. The number of hydrogen-bond donors (Lipinski definition) is 2. The van der Waals surface area contributed by atoms with Gasteiger partial charge in [-0.15, -0.1) is 10.2 Å². The van der Waals surface area contributed by atoms with Crippen LogP contribution >= 0.6 is 11.6 Å². The van der Waals surface area contributed by atoms with E-state index in [0.717, 1.165) is 47.4 Å². The number of nitrogens with one attached hydrogen (secondary N) is 2. The Hall–Kier alpha value is -4.02. The van der Waals surface area contributed by atoms with Crippen molar-refractivity contribution in [3.63, 3.8) is 0 Å². The quantitative estimate of drug-likeness (QED) is 0.383. The Morgan fingerprint density at radius 2 is 2.06 bits per heavy atom. The van der Waals surface area contributed by atoms with Gasteiger partial charge in [-0.2, -0.15) is 10.2 Å². The Balaban J connectivity index is 1.42. The van der Waals surface area contributed by atoms with Gasteiger partial charge >= 0.3 is 0 Å². The number of tetrazole rings is 1. The van der Waals surface area contributed by atoms with Gasteiger partial charge in [0.15, 0.2) is 5.82 Å². The zero-order valence-corrected chi connectivity index (χ0v) is 19.9. The molecule has 0 aliphatic carbocycles. The van der Waals surface area contributed by atoms with Crippen molar-refractivity contribution in [1.82, 2.24) is 40.1 Å². The molecule has 35 heavy (non-hydrogen) atoms. The number of H-pyrrole nitrogens is 1. The number of ether oxygens (including phenoxy) is 1. The predicted molar refractivity (Wildman–Crippen MR) is 133 cm³/mol. The molecule has 0 unspecified atom stereocenters. The molecule has 10 nitrogen and oxygen atoms in total. The van der Waals surface area contributed by atoms with Crippen molar-refractivity contribution in [3.8, 4) is 23.0 Å². The van der Waals surface area contributed by atoms with Crippen LogP contribution in [0.2, 0.25) is 5.02 Å². The summed E-state index contributed by atoms with van der Waals surface area (Å²) < 4.78 is 7.58. The molecule has 0 spiro atoms. The number of hydrogen-bond acceptors (Lipinski definition) is 8. The first-order valence-corrected chi connectivity index (χ1v) is 11.5. The summed E-state index contributed by atoms with van der Waals surface area (Å²) in [5.74, 6) is 2.18. The van der Waals surface area contributed by atoms with Crippen molar-refractivity contribution < 1.29 is 4.74 Å². The van der Waals surface area contributed by atoms with Crippen LogP contribution in [0.25, 0.3) is 28.1 Å². The molecule has 0 saturated heterocycles. The number of anilines is 2. The van der Waals surface area contributed by atoms with Gasteiger partial charge < -0.3 is 15.0 Å². The van der Waals surface area contributed by atoms with Crippen LogP contribution in [-0.4, -0.2) is 60.8 Å². The highest BCUT2D eigenvalue weighted by Gasteiger charge is 2.20. The van der Waals surface area contributed by atoms with Gasteiger partial charge in [0.1, 0.15) is 10.8 Å². The third-order valence-corrected chi connectivity index (χ3v) is 6.49. The Morgan fingerprint density at radius 1 is 1.17 bits per heavy atom. The molecule has 0 bridgehead atoms. The van der Waals surface area contributed by atoms with E-state index in [1.807, 2.05) is 35.0 Å². The summed E-state index contributed by atoms with van der Waals surface area (Å²) in [5, 5.41) is 19.2. The number of aromatic amines is 1. The number of nitrogens with zero attached hydrogens (tertiary/aromatic N) is 7. The molecular weight excluding hydrogens is 466 g/mol. The topological polar surface area (TPSA) is 110 Å². The summed E-state index contributed by atoms with van der Waals surface area (Å²) in [6.45, 7) is 1.91. The molecule has 11 heteroatoms. The van der Waals surface area contributed by atoms with Crippen LogP contribution < -0.4 is 10.1 Å². The molecule has 4 heterocycles. The second kappa shape index (κ2) is 8.64. The average Bonchev–Trinajstić information content (AvgIpc) is 3.53. The molecule has 5 aromatic rings. The lowest BCUT2D eigenvalue weighted by Gasteiger charge is -2.26. The van der Waals surface area contributed by atoms with E-state index < -0.39 is 0 Å². The number of fused-ring (bicyclic) bond motifs is 2. The fourth-order valence-electron chi connectivity index (χ4n) is 4.51. The van der Waals surface area contributed by atoms with E-state index in [0.29, 0.717) is 22.6 Å². The number of halogens is 1. The highest BCUT2D eigenvalue weighted by molar-refractivity contribution is 6.32. The van der Waals surface area contributed by atoms with Gasteiger partial charge in [-0.05, 0) is 48.0 Å². The van der Waals surface area contributed by atoms with E-state index in [9.17, 15) is 0 Å². The summed E-state index contributed by atoms with van der Waals surface area (Å²) in [5.41, 5.74) is 5.10. The number of para-hydroxylation sites is 1. The lowest BCUT2D eigenvalue weighted by Crippen LogP contribution is -2.26. The van der Waals surface area contributed by atoms with E-state index in [-0.39, 0.29) is 0 Å². The van der Waals surface area contributed by atoms with Crippen molar-refractivity contribution in [2.24, 2.45) is 0 Å². The SMILES string of the molecule is COc1cc2c(cc1Nc1ncc(Cl)c(-n3cc(-c4nn[nH]n4)c4ccccc43)n1)CN(C)CC2. The van der Waals surface area contributed by atoms with Gasteiger partial charge in [-0.3, -0.25) is 4.57 Å². The monoisotopic (exact) mass is 487 g/mol. The maximum Gasteiger partial charge on any atom is 0.229 e. The molecule has 176 valence electrons. The molecule has 2 N–H and O–H groups in total. The predicted octanol–water partition coefficient (Wildman–Crippen LogP) is 3.99. The van der Waals surface area contributed by atoms with Crippen LogP contribution in [-0.2, 0) is 13.0 Å². The lowest BCUT2D eigenvalue weighted by atomic mass is 9.99. The summed E-state index contributed by atoms with van der Waals surface area (Å²) in [4.78, 5) is 11.5. The van der Waals surface area contributed by atoms with Gasteiger partial charge in [-0.25, -0.2) is 4.98 Å². The first-order chi connectivity index (χ1) is 17.1. The fourth-order valence-corrected chi connectivity index (χ4v) is 4.69. The molecular formula is C24H22ClN9O. The minimum absolute atomic E-state index is 0.408. The zero-order chi connectivity index (χ0) is 23.9. The van der Waals surface area contributed by atoms with Crippen LogP contribution in [0.1, 0.15) is 11.1 Å². The summed E-state index contributed by atoms with van der Waals surface area (Å²) in [6.07, 6.45) is 4.49. The minimum atomic E-state index is 0.408. The molecule has 6 rings (SSSR count). The number of rotatable bonds is 5. The van der Waals surface area contributed by atoms with Crippen molar-refractivity contribution in [1.29, 1.82) is 0 Å². The fraction of sp³-hybridized carbons (Fsp3) is 0.208. The van der Waals surface area contributed by atoms with E-state index in [1.54, 1.807) is 13.3 Å². The van der Waals surface area contributed by atoms with Crippen LogP contribution in [0.4, 0.5) is 11.6 Å². The van der Waals surface area contributed by atoms with Crippen LogP contribution in [0.15, 0.2) is 48.8 Å². The summed E-state index contributed by atoms with van der Waals surface area (Å²) >= 11 is 6.58. The summed E-state index contributed by atoms with van der Waals surface area (Å²) in [7, 11) is 3.79. The number of benzene rings is 2. The maximum atomic E-state index is 6.58. The normalized spacial score (nSPS) is 13.7. The molecule has 1 aliphatic rings. The first kappa shape index (κ1) is 21.5. The van der Waals surface area contributed by atoms with Crippen molar-refractivity contribution in [2.45, 2.75) is 13.0 Å². The third-order valence-electron chi connectivity index (χ3n) is 6.22. The molecule has 0 fully saturated rings. The van der Waals surface area contributed by atoms with Crippen molar-refractivity contribution in [2.75, 3.05) is 26.0 Å². The Kier molecular flexibility index (Phi) is 5.31. The maximum absolute atomic E-state index is 6.58. The number of likely N-dealkylation sites (N-methyl/N-ethyl adjacent to an activating group) is 1. The molecule has 2 aromatic carbocycles. The van der Waals surface area contributed by atoms with Crippen molar-refractivity contribution >= 4 is 34.1 Å². The second-order valence-corrected chi connectivity index (χ2v) is 8.87. The molecule has 0 radical (unpaired) electrons. The lowest BCUT2D eigenvalue weighted by molar-refractivity contribution is 0.312. The van der Waals surface area contributed by atoms with Crippen LogP contribution in [0, 0.1) is 0 Å². The van der Waals surface area contributed by atoms with E-state index in [4.69, 9.17) is 21.3 Å². The molecule has 0 atom stereocenters. The number of methoxy groups -OCH3 is 1. The molecule has 3 aromatic heterocycles. The Labute approximate surface area is 205 Å². The average molecular weight is 488 g/mol. The largest absolute Gasteiger partial charge is 0.495 e. The number of aromatic nitrogens is 7. The first-order valence-electron chi connectivity index (χ1n) is 11.1. The molecule has 0 saturated carbocycles. The Bertz CT molecular complexity index is 1530. The van der Waals surface area contributed by atoms with Gasteiger partial charge in [0.05, 0.1) is 24.5 Å². The highest BCUT2D eigenvalue weighted by atomic mass is 35.5. The smallest absolute Gasteiger partial charge is 0.229 e. The van der Waals surface area contributed by atoms with Gasteiger partial charge in [0, 0.05) is 30.2 Å². The van der Waals surface area contributed by atoms with Crippen molar-refractivity contribution in [3.05, 3.63) is 64.9 Å². The van der Waals surface area contributed by atoms with E-state index in [2.05, 4.69) is 55.0 Å². The minimum Gasteiger partial charge on any atom is -0.495 e. The van der Waals surface area contributed by atoms with Crippen LogP contribution in [0.3, 0.4) is 0 Å². The van der Waals surface area contributed by atoms with Gasteiger partial charge in [0.25, 0.3) is 0 Å². The molecule has 0 amide bonds. The zero-order valence-electron chi connectivity index (χ0n) is 19.2. The van der Waals surface area contributed by atoms with Crippen LogP contribution in [0.5, 0.6) is 5.75 Å². The van der Waals surface area contributed by atoms with E-state index in [1.165, 1.54) is 11.1 Å². The van der Waals surface area contributed by atoms with Gasteiger partial charge in [-0.1, -0.05) is 29.8 Å².